The summed E-state index contributed by atoms with van der Waals surface area (Å²) >= 11 is 1.24. The van der Waals surface area contributed by atoms with Crippen LogP contribution in [0.2, 0.25) is 0 Å². The molecule has 0 saturated carbocycles. The third kappa shape index (κ3) is 3.95. The molecule has 2 amide bonds. The molecule has 1 fully saturated rings. The van der Waals surface area contributed by atoms with Crippen LogP contribution in [0.1, 0.15) is 31.6 Å². The smallest absolute Gasteiger partial charge is 0.264 e. The average Bonchev–Trinajstić information content (AvgIpc) is 3.11. The monoisotopic (exact) mass is 381 g/mol. The average molecular weight is 382 g/mol. The highest BCUT2D eigenvalue weighted by atomic mass is 35.5. The van der Waals surface area contributed by atoms with Gasteiger partial charge in [0.15, 0.2) is 0 Å². The lowest BCUT2D eigenvalue weighted by Crippen LogP contribution is -2.48. The summed E-state index contributed by atoms with van der Waals surface area (Å²) in [5.41, 5.74) is 6.61. The second-order valence-electron chi connectivity index (χ2n) is 5.52. The van der Waals surface area contributed by atoms with E-state index in [0.29, 0.717) is 23.5 Å². The largest absolute Gasteiger partial charge is 0.496 e. The van der Waals surface area contributed by atoms with Crippen LogP contribution in [0.15, 0.2) is 35.7 Å². The third-order valence-corrected chi connectivity index (χ3v) is 5.02. The highest BCUT2D eigenvalue weighted by Gasteiger charge is 2.31. The van der Waals surface area contributed by atoms with Gasteiger partial charge in [-0.3, -0.25) is 9.59 Å². The van der Waals surface area contributed by atoms with Crippen LogP contribution in [0, 0.1) is 0 Å². The molecular weight excluding hydrogens is 362 g/mol. The fourth-order valence-electron chi connectivity index (χ4n) is 2.89. The molecule has 0 aliphatic carbocycles. The van der Waals surface area contributed by atoms with Gasteiger partial charge in [-0.05, 0) is 12.1 Å². The van der Waals surface area contributed by atoms with Crippen LogP contribution < -0.4 is 15.8 Å². The number of carbonyl (C=O) groups is 2. The normalized spacial score (nSPS) is 16.8. The van der Waals surface area contributed by atoms with Gasteiger partial charge in [0.25, 0.3) is 5.91 Å². The highest BCUT2D eigenvalue weighted by Crippen LogP contribution is 2.31. The minimum absolute atomic E-state index is 0. The van der Waals surface area contributed by atoms with Crippen molar-refractivity contribution in [3.8, 4) is 5.75 Å². The van der Waals surface area contributed by atoms with Gasteiger partial charge in [-0.2, -0.15) is 0 Å². The van der Waals surface area contributed by atoms with Crippen LogP contribution in [-0.4, -0.2) is 43.5 Å². The van der Waals surface area contributed by atoms with Crippen molar-refractivity contribution in [2.75, 3.05) is 26.7 Å². The molecule has 25 heavy (non-hydrogen) atoms. The number of methoxy groups -OCH3 is 1. The van der Waals surface area contributed by atoms with E-state index in [1.54, 1.807) is 18.6 Å². The Labute approximate surface area is 156 Å². The van der Waals surface area contributed by atoms with Crippen LogP contribution in [0.4, 0.5) is 0 Å². The summed E-state index contributed by atoms with van der Waals surface area (Å²) in [7, 11) is 1.62. The quantitative estimate of drug-likeness (QED) is 0.849. The molecule has 0 radical (unpaired) electrons. The number of nitrogens with two attached hydrogens (primary N) is 1. The summed E-state index contributed by atoms with van der Waals surface area (Å²) in [6.07, 6.45) is 0. The van der Waals surface area contributed by atoms with E-state index in [0.717, 1.165) is 17.9 Å². The Morgan fingerprint density at radius 3 is 2.80 bits per heavy atom. The topological polar surface area (TPSA) is 84.7 Å². The van der Waals surface area contributed by atoms with Crippen LogP contribution >= 0.6 is 23.7 Å². The molecule has 0 bridgehead atoms. The second-order valence-corrected chi connectivity index (χ2v) is 6.44. The van der Waals surface area contributed by atoms with E-state index in [4.69, 9.17) is 10.5 Å². The molecule has 1 atom stereocenters. The van der Waals surface area contributed by atoms with Crippen molar-refractivity contribution in [3.63, 3.8) is 0 Å². The Balaban J connectivity index is 0.00000225. The van der Waals surface area contributed by atoms with Crippen molar-refractivity contribution in [1.29, 1.82) is 0 Å². The summed E-state index contributed by atoms with van der Waals surface area (Å²) in [5.74, 6) is 0.143. The van der Waals surface area contributed by atoms with Gasteiger partial charge in [0, 0.05) is 30.6 Å². The molecule has 1 aromatic heterocycles. The van der Waals surface area contributed by atoms with Crippen molar-refractivity contribution < 1.29 is 14.3 Å². The predicted octanol–water partition coefficient (Wildman–Crippen LogP) is 2.06. The highest BCUT2D eigenvalue weighted by molar-refractivity contribution is 7.12. The van der Waals surface area contributed by atoms with Crippen molar-refractivity contribution in [2.24, 2.45) is 5.73 Å². The van der Waals surface area contributed by atoms with Gasteiger partial charge >= 0.3 is 0 Å². The molecule has 1 aromatic carbocycles. The number of ether oxygens (including phenoxy) is 1. The lowest BCUT2D eigenvalue weighted by atomic mass is 10.0. The molecule has 134 valence electrons. The molecular formula is C17H20ClN3O3S. The summed E-state index contributed by atoms with van der Waals surface area (Å²) in [5, 5.41) is 4.95. The zero-order valence-electron chi connectivity index (χ0n) is 13.7. The number of thiophene rings is 1. The molecule has 2 aromatic rings. The zero-order valence-corrected chi connectivity index (χ0v) is 15.4. The number of hydrogen-bond donors (Lipinski definition) is 2. The number of nitrogens with zero attached hydrogens (tertiary/aromatic N) is 1. The number of rotatable bonds is 4. The first-order valence-electron chi connectivity index (χ1n) is 7.64. The predicted molar refractivity (Wildman–Crippen MR) is 99.7 cm³/mol. The summed E-state index contributed by atoms with van der Waals surface area (Å²) in [6.45, 7) is 1.97. The number of primary amides is 1. The maximum atomic E-state index is 12.9. The fourth-order valence-corrected chi connectivity index (χ4v) is 3.74. The van der Waals surface area contributed by atoms with Gasteiger partial charge < -0.3 is 20.7 Å². The maximum absolute atomic E-state index is 12.9. The van der Waals surface area contributed by atoms with E-state index >= 15 is 0 Å². The van der Waals surface area contributed by atoms with Crippen molar-refractivity contribution >= 4 is 35.6 Å². The molecule has 8 heteroatoms. The molecule has 6 nitrogen and oxygen atoms in total. The number of amides is 2. The Kier molecular flexibility index (Phi) is 6.41. The zero-order chi connectivity index (χ0) is 17.1. The van der Waals surface area contributed by atoms with E-state index in [9.17, 15) is 9.59 Å². The van der Waals surface area contributed by atoms with Crippen LogP contribution in [0.5, 0.6) is 5.75 Å². The maximum Gasteiger partial charge on any atom is 0.264 e. The fraction of sp³-hybridized carbons (Fsp3) is 0.294. The molecule has 1 aliphatic heterocycles. The van der Waals surface area contributed by atoms with E-state index in [1.807, 2.05) is 29.2 Å². The standard InChI is InChI=1S/C17H19N3O3S.ClH/c1-23-14-5-3-2-4-12(14)13-9-19-6-7-20(13)17(22)15-8-11(10-24-15)16(18)21;/h2-5,8,10,13,19H,6-7,9H2,1H3,(H2,18,21);1H. The van der Waals surface area contributed by atoms with Crippen LogP contribution in [0.3, 0.4) is 0 Å². The molecule has 3 rings (SSSR count). The van der Waals surface area contributed by atoms with Gasteiger partial charge in [-0.15, -0.1) is 23.7 Å². The Bertz CT molecular complexity index is 765. The van der Waals surface area contributed by atoms with E-state index < -0.39 is 5.91 Å². The van der Waals surface area contributed by atoms with Gasteiger partial charge in [-0.1, -0.05) is 18.2 Å². The molecule has 1 saturated heterocycles. The van der Waals surface area contributed by atoms with Crippen LogP contribution in [-0.2, 0) is 0 Å². The van der Waals surface area contributed by atoms with E-state index in [2.05, 4.69) is 5.32 Å². The van der Waals surface area contributed by atoms with Gasteiger partial charge in [0.2, 0.25) is 5.91 Å². The first-order valence-corrected chi connectivity index (χ1v) is 8.52. The minimum atomic E-state index is -0.521. The lowest BCUT2D eigenvalue weighted by Gasteiger charge is -2.36. The molecule has 3 N–H and O–H groups in total. The number of halogens is 1. The number of piperazine rings is 1. The number of carbonyl (C=O) groups excluding carboxylic acids is 2. The molecule has 0 spiro atoms. The first kappa shape index (κ1) is 19.2. The minimum Gasteiger partial charge on any atom is -0.496 e. The summed E-state index contributed by atoms with van der Waals surface area (Å²) < 4.78 is 5.44. The van der Waals surface area contributed by atoms with Crippen molar-refractivity contribution in [2.45, 2.75) is 6.04 Å². The van der Waals surface area contributed by atoms with Gasteiger partial charge in [-0.25, -0.2) is 0 Å². The number of para-hydroxylation sites is 1. The van der Waals surface area contributed by atoms with Gasteiger partial charge in [0.1, 0.15) is 5.75 Å². The molecule has 1 unspecified atom stereocenters. The molecule has 2 heterocycles. The van der Waals surface area contributed by atoms with Crippen LogP contribution in [0.25, 0.3) is 0 Å². The second kappa shape index (κ2) is 8.33. The SMILES string of the molecule is COc1ccccc1C1CNCCN1C(=O)c1cc(C(N)=O)cs1.Cl. The first-order chi connectivity index (χ1) is 11.6. The van der Waals surface area contributed by atoms with Gasteiger partial charge in [0.05, 0.1) is 23.6 Å². The lowest BCUT2D eigenvalue weighted by molar-refractivity contribution is 0.0636. The van der Waals surface area contributed by atoms with Crippen molar-refractivity contribution in [3.05, 3.63) is 51.7 Å². The Morgan fingerprint density at radius 2 is 2.12 bits per heavy atom. The number of hydrogen-bond acceptors (Lipinski definition) is 5. The number of nitrogens with one attached hydrogen (secondary N) is 1. The Morgan fingerprint density at radius 1 is 1.36 bits per heavy atom. The van der Waals surface area contributed by atoms with Crippen molar-refractivity contribution in [1.82, 2.24) is 10.2 Å². The molecule has 1 aliphatic rings. The summed E-state index contributed by atoms with van der Waals surface area (Å²) in [4.78, 5) is 26.5. The Hall–Kier alpha value is -2.09. The van der Waals surface area contributed by atoms with E-state index in [-0.39, 0.29) is 24.4 Å². The summed E-state index contributed by atoms with van der Waals surface area (Å²) in [6, 6.07) is 9.15. The number of benzene rings is 1. The van der Waals surface area contributed by atoms with E-state index in [1.165, 1.54) is 11.3 Å². The third-order valence-electron chi connectivity index (χ3n) is 4.10.